The third kappa shape index (κ3) is 2.27. The topological polar surface area (TPSA) is 33.4 Å². The van der Waals surface area contributed by atoms with E-state index in [1.807, 2.05) is 24.3 Å². The summed E-state index contributed by atoms with van der Waals surface area (Å²) in [5, 5.41) is 10.3. The molecule has 1 aromatic heterocycles. The van der Waals surface area contributed by atoms with E-state index in [1.165, 1.54) is 18.4 Å². The quantitative estimate of drug-likeness (QED) is 0.869. The molecule has 0 spiro atoms. The van der Waals surface area contributed by atoms with Crippen molar-refractivity contribution in [3.63, 3.8) is 0 Å². The van der Waals surface area contributed by atoms with Crippen LogP contribution in [0, 0.1) is 0 Å². The molecule has 0 amide bonds. The molecule has 1 saturated carbocycles. The van der Waals surface area contributed by atoms with Crippen LogP contribution in [0.25, 0.3) is 0 Å². The number of hydrogen-bond donors (Lipinski definition) is 1. The average molecular weight is 228 g/mol. The molecule has 1 aliphatic rings. The smallest absolute Gasteiger partial charge is 0.106 e. The van der Waals surface area contributed by atoms with Gasteiger partial charge < -0.3 is 9.52 Å². The van der Waals surface area contributed by atoms with Gasteiger partial charge >= 0.3 is 0 Å². The third-order valence-electron chi connectivity index (χ3n) is 3.35. The van der Waals surface area contributed by atoms with Gasteiger partial charge in [0.15, 0.2) is 0 Å². The first-order chi connectivity index (χ1) is 8.34. The summed E-state index contributed by atoms with van der Waals surface area (Å²) in [4.78, 5) is 0. The lowest BCUT2D eigenvalue weighted by molar-refractivity contribution is 0.169. The number of aliphatic hydroxyl groups is 1. The fourth-order valence-corrected chi connectivity index (χ4v) is 2.31. The van der Waals surface area contributed by atoms with Crippen LogP contribution in [0.2, 0.25) is 0 Å². The summed E-state index contributed by atoms with van der Waals surface area (Å²) in [7, 11) is 0. The van der Waals surface area contributed by atoms with Gasteiger partial charge in [-0.2, -0.15) is 0 Å². The summed E-state index contributed by atoms with van der Waals surface area (Å²) in [6.45, 7) is 0. The van der Waals surface area contributed by atoms with Gasteiger partial charge in [0.05, 0.1) is 12.4 Å². The minimum Gasteiger partial charge on any atom is -0.469 e. The molecule has 1 aliphatic carbocycles. The lowest BCUT2D eigenvalue weighted by Gasteiger charge is -2.14. The molecule has 1 aromatic carbocycles. The zero-order valence-corrected chi connectivity index (χ0v) is 9.67. The molecular formula is C15H16O2. The van der Waals surface area contributed by atoms with Crippen molar-refractivity contribution in [1.82, 2.24) is 0 Å². The summed E-state index contributed by atoms with van der Waals surface area (Å²) in [6.07, 6.45) is 4.25. The molecule has 1 unspecified atom stereocenters. The molecule has 3 rings (SSSR count). The van der Waals surface area contributed by atoms with Crippen molar-refractivity contribution in [3.05, 3.63) is 59.5 Å². The normalized spacial score (nSPS) is 17.0. The Balaban J connectivity index is 1.83. The van der Waals surface area contributed by atoms with E-state index in [0.717, 1.165) is 11.3 Å². The largest absolute Gasteiger partial charge is 0.469 e. The molecule has 2 nitrogen and oxygen atoms in total. The van der Waals surface area contributed by atoms with Gasteiger partial charge in [-0.05, 0) is 42.0 Å². The van der Waals surface area contributed by atoms with E-state index in [9.17, 15) is 5.11 Å². The highest BCUT2D eigenvalue weighted by Crippen LogP contribution is 2.43. The molecule has 1 fully saturated rings. The molecule has 0 saturated heterocycles. The maximum Gasteiger partial charge on any atom is 0.106 e. The van der Waals surface area contributed by atoms with Crippen LogP contribution >= 0.6 is 0 Å². The van der Waals surface area contributed by atoms with Gasteiger partial charge in [-0.1, -0.05) is 24.3 Å². The van der Waals surface area contributed by atoms with Crippen LogP contribution in [-0.4, -0.2) is 5.11 Å². The molecule has 17 heavy (non-hydrogen) atoms. The molecule has 1 atom stereocenters. The van der Waals surface area contributed by atoms with E-state index in [4.69, 9.17) is 4.42 Å². The Morgan fingerprint density at radius 1 is 1.18 bits per heavy atom. The number of hydrogen-bond acceptors (Lipinski definition) is 2. The average Bonchev–Trinajstić information content (AvgIpc) is 3.08. The summed E-state index contributed by atoms with van der Waals surface area (Å²) >= 11 is 0. The van der Waals surface area contributed by atoms with Gasteiger partial charge in [0, 0.05) is 6.42 Å². The Bertz CT molecular complexity index is 483. The fourth-order valence-electron chi connectivity index (χ4n) is 2.31. The van der Waals surface area contributed by atoms with Crippen LogP contribution in [0.15, 0.2) is 47.1 Å². The maximum absolute atomic E-state index is 10.3. The van der Waals surface area contributed by atoms with E-state index in [-0.39, 0.29) is 0 Å². The van der Waals surface area contributed by atoms with E-state index in [1.54, 1.807) is 6.26 Å². The van der Waals surface area contributed by atoms with Crippen LogP contribution in [-0.2, 0) is 6.42 Å². The van der Waals surface area contributed by atoms with Gasteiger partial charge in [0.1, 0.15) is 5.76 Å². The monoisotopic (exact) mass is 228 g/mol. The molecule has 2 aromatic rings. The second-order valence-corrected chi connectivity index (χ2v) is 4.70. The first-order valence-corrected chi connectivity index (χ1v) is 6.14. The molecule has 1 N–H and O–H groups in total. The summed E-state index contributed by atoms with van der Waals surface area (Å²) in [5.74, 6) is 1.50. The van der Waals surface area contributed by atoms with E-state index < -0.39 is 6.10 Å². The Hall–Kier alpha value is -1.54. The van der Waals surface area contributed by atoms with Crippen molar-refractivity contribution in [1.29, 1.82) is 0 Å². The van der Waals surface area contributed by atoms with Crippen molar-refractivity contribution < 1.29 is 9.52 Å². The van der Waals surface area contributed by atoms with E-state index in [0.29, 0.717) is 12.3 Å². The van der Waals surface area contributed by atoms with Crippen LogP contribution in [0.4, 0.5) is 0 Å². The lowest BCUT2D eigenvalue weighted by Crippen LogP contribution is -2.04. The van der Waals surface area contributed by atoms with Gasteiger partial charge in [0.25, 0.3) is 0 Å². The van der Waals surface area contributed by atoms with E-state index >= 15 is 0 Å². The minimum atomic E-state index is -0.460. The van der Waals surface area contributed by atoms with Gasteiger partial charge in [-0.25, -0.2) is 0 Å². The fraction of sp³-hybridized carbons (Fsp3) is 0.333. The third-order valence-corrected chi connectivity index (χ3v) is 3.35. The predicted molar refractivity (Wildman–Crippen MR) is 65.8 cm³/mol. The van der Waals surface area contributed by atoms with Crippen molar-refractivity contribution in [3.8, 4) is 0 Å². The lowest BCUT2D eigenvalue weighted by atomic mass is 9.96. The molecule has 0 aliphatic heterocycles. The predicted octanol–water partition coefficient (Wildman–Crippen LogP) is 3.43. The highest BCUT2D eigenvalue weighted by atomic mass is 16.3. The highest BCUT2D eigenvalue weighted by Gasteiger charge is 2.27. The molecular weight excluding hydrogens is 212 g/mol. The molecule has 2 heteroatoms. The first-order valence-electron chi connectivity index (χ1n) is 6.14. The first kappa shape index (κ1) is 10.6. The highest BCUT2D eigenvalue weighted by molar-refractivity contribution is 5.35. The van der Waals surface area contributed by atoms with Crippen molar-refractivity contribution in [2.45, 2.75) is 31.3 Å². The van der Waals surface area contributed by atoms with Crippen molar-refractivity contribution in [2.24, 2.45) is 0 Å². The van der Waals surface area contributed by atoms with Crippen molar-refractivity contribution in [2.75, 3.05) is 0 Å². The van der Waals surface area contributed by atoms with Crippen molar-refractivity contribution >= 4 is 0 Å². The molecule has 0 bridgehead atoms. The maximum atomic E-state index is 10.3. The minimum absolute atomic E-state index is 0.460. The SMILES string of the molecule is OC(Cc1ccco1)c1ccccc1C1CC1. The van der Waals surface area contributed by atoms with Gasteiger partial charge in [0.2, 0.25) is 0 Å². The second-order valence-electron chi connectivity index (χ2n) is 4.70. The number of benzene rings is 1. The Labute approximate surface area is 101 Å². The summed E-state index contributed by atoms with van der Waals surface area (Å²) in [6, 6.07) is 12.0. The Kier molecular flexibility index (Phi) is 2.73. The second kappa shape index (κ2) is 4.38. The summed E-state index contributed by atoms with van der Waals surface area (Å²) < 4.78 is 5.28. The molecule has 1 heterocycles. The standard InChI is InChI=1S/C15H16O2/c16-15(10-12-4-3-9-17-12)14-6-2-1-5-13(14)11-7-8-11/h1-6,9,11,15-16H,7-8,10H2. The molecule has 0 radical (unpaired) electrons. The summed E-state index contributed by atoms with van der Waals surface area (Å²) in [5.41, 5.74) is 2.37. The Morgan fingerprint density at radius 3 is 2.71 bits per heavy atom. The van der Waals surface area contributed by atoms with Crippen LogP contribution < -0.4 is 0 Å². The van der Waals surface area contributed by atoms with E-state index in [2.05, 4.69) is 12.1 Å². The number of aliphatic hydroxyl groups excluding tert-OH is 1. The van der Waals surface area contributed by atoms with Crippen LogP contribution in [0.5, 0.6) is 0 Å². The zero-order chi connectivity index (χ0) is 11.7. The van der Waals surface area contributed by atoms with Gasteiger partial charge in [-0.3, -0.25) is 0 Å². The molecule has 88 valence electrons. The number of furan rings is 1. The Morgan fingerprint density at radius 2 is 2.00 bits per heavy atom. The van der Waals surface area contributed by atoms with Gasteiger partial charge in [-0.15, -0.1) is 0 Å². The zero-order valence-electron chi connectivity index (χ0n) is 9.67. The van der Waals surface area contributed by atoms with Crippen LogP contribution in [0.3, 0.4) is 0 Å². The number of rotatable bonds is 4. The van der Waals surface area contributed by atoms with Crippen LogP contribution in [0.1, 0.15) is 41.8 Å².